The average Bonchev–Trinajstić information content (AvgIpc) is 2.32. The molecule has 0 aliphatic heterocycles. The minimum atomic E-state index is -0.119. The lowest BCUT2D eigenvalue weighted by molar-refractivity contribution is 0.171. The zero-order chi connectivity index (χ0) is 13.0. The molecule has 1 nitrogen and oxygen atoms in total. The fourth-order valence-corrected chi connectivity index (χ4v) is 2.81. The number of aryl methyl sites for hydroxylation is 1. The summed E-state index contributed by atoms with van der Waals surface area (Å²) in [6.45, 7) is 6.49. The molecule has 1 aromatic carbocycles. The van der Waals surface area contributed by atoms with Gasteiger partial charge in [-0.2, -0.15) is 0 Å². The molecular formula is C16H24FN. The van der Waals surface area contributed by atoms with E-state index in [1.165, 1.54) is 24.8 Å². The molecule has 0 heterocycles. The van der Waals surface area contributed by atoms with Crippen molar-refractivity contribution in [1.82, 2.24) is 5.32 Å². The van der Waals surface area contributed by atoms with Gasteiger partial charge in [0.05, 0.1) is 0 Å². The van der Waals surface area contributed by atoms with Crippen LogP contribution in [0.3, 0.4) is 0 Å². The van der Waals surface area contributed by atoms with Crippen LogP contribution in [-0.2, 0) is 6.42 Å². The quantitative estimate of drug-likeness (QED) is 0.758. The van der Waals surface area contributed by atoms with E-state index in [9.17, 15) is 4.39 Å². The van der Waals surface area contributed by atoms with Crippen LogP contribution in [0.5, 0.6) is 0 Å². The highest BCUT2D eigenvalue weighted by Crippen LogP contribution is 2.36. The molecule has 1 saturated carbocycles. The Morgan fingerprint density at radius 2 is 2.06 bits per heavy atom. The van der Waals surface area contributed by atoms with Gasteiger partial charge in [-0.1, -0.05) is 13.0 Å². The van der Waals surface area contributed by atoms with Gasteiger partial charge in [0.1, 0.15) is 5.82 Å². The maximum Gasteiger partial charge on any atom is 0.123 e. The minimum Gasteiger partial charge on any atom is -0.316 e. The highest BCUT2D eigenvalue weighted by Gasteiger charge is 2.30. The average molecular weight is 249 g/mol. The van der Waals surface area contributed by atoms with Crippen LogP contribution in [-0.4, -0.2) is 13.1 Å². The van der Waals surface area contributed by atoms with E-state index in [-0.39, 0.29) is 5.82 Å². The fraction of sp³-hybridized carbons (Fsp3) is 0.625. The smallest absolute Gasteiger partial charge is 0.123 e. The Kier molecular flexibility index (Phi) is 4.76. The SMILES string of the molecule is CCCNCC1CCC1Cc1ccc(F)cc1C. The second kappa shape index (κ2) is 6.33. The van der Waals surface area contributed by atoms with Crippen molar-refractivity contribution in [1.29, 1.82) is 0 Å². The third-order valence-electron chi connectivity index (χ3n) is 4.19. The number of rotatable bonds is 6. The maximum atomic E-state index is 13.1. The molecule has 18 heavy (non-hydrogen) atoms. The largest absolute Gasteiger partial charge is 0.316 e. The van der Waals surface area contributed by atoms with Crippen molar-refractivity contribution >= 4 is 0 Å². The van der Waals surface area contributed by atoms with Gasteiger partial charge < -0.3 is 5.32 Å². The second-order valence-electron chi connectivity index (χ2n) is 5.58. The van der Waals surface area contributed by atoms with Crippen molar-refractivity contribution in [3.8, 4) is 0 Å². The zero-order valence-electron chi connectivity index (χ0n) is 11.5. The molecule has 2 rings (SSSR count). The van der Waals surface area contributed by atoms with Gasteiger partial charge in [0.25, 0.3) is 0 Å². The van der Waals surface area contributed by atoms with E-state index in [0.29, 0.717) is 0 Å². The third-order valence-corrected chi connectivity index (χ3v) is 4.19. The number of nitrogens with one attached hydrogen (secondary N) is 1. The first-order valence-electron chi connectivity index (χ1n) is 7.16. The van der Waals surface area contributed by atoms with Crippen molar-refractivity contribution < 1.29 is 4.39 Å². The third kappa shape index (κ3) is 3.32. The maximum absolute atomic E-state index is 13.1. The molecule has 1 aromatic rings. The van der Waals surface area contributed by atoms with Crippen LogP contribution in [0.15, 0.2) is 18.2 Å². The van der Waals surface area contributed by atoms with E-state index in [4.69, 9.17) is 0 Å². The fourth-order valence-electron chi connectivity index (χ4n) is 2.81. The molecule has 0 saturated heterocycles. The summed E-state index contributed by atoms with van der Waals surface area (Å²) in [7, 11) is 0. The first-order valence-corrected chi connectivity index (χ1v) is 7.16. The first-order chi connectivity index (χ1) is 8.70. The summed E-state index contributed by atoms with van der Waals surface area (Å²) in [5.74, 6) is 1.49. The van der Waals surface area contributed by atoms with Crippen LogP contribution in [0, 0.1) is 24.6 Å². The normalized spacial score (nSPS) is 22.8. The predicted octanol–water partition coefficient (Wildman–Crippen LogP) is 3.70. The summed E-state index contributed by atoms with van der Waals surface area (Å²) in [5, 5.41) is 3.52. The summed E-state index contributed by atoms with van der Waals surface area (Å²) in [6, 6.07) is 5.20. The lowest BCUT2D eigenvalue weighted by Crippen LogP contribution is -2.36. The molecule has 0 amide bonds. The Balaban J connectivity index is 1.85. The Morgan fingerprint density at radius 3 is 2.67 bits per heavy atom. The number of halogens is 1. The van der Waals surface area contributed by atoms with Gasteiger partial charge in [-0.25, -0.2) is 4.39 Å². The Bertz CT molecular complexity index is 389. The van der Waals surface area contributed by atoms with Crippen LogP contribution in [0.2, 0.25) is 0 Å². The van der Waals surface area contributed by atoms with Crippen molar-refractivity contribution in [3.63, 3.8) is 0 Å². The number of hydrogen-bond acceptors (Lipinski definition) is 1. The molecule has 2 atom stereocenters. The van der Waals surface area contributed by atoms with Crippen molar-refractivity contribution in [3.05, 3.63) is 35.1 Å². The van der Waals surface area contributed by atoms with Gasteiger partial charge in [-0.05, 0) is 80.8 Å². The Labute approximate surface area is 110 Å². The molecule has 1 N–H and O–H groups in total. The Hall–Kier alpha value is -0.890. The van der Waals surface area contributed by atoms with Gasteiger partial charge in [0, 0.05) is 0 Å². The molecular weight excluding hydrogens is 225 g/mol. The molecule has 0 radical (unpaired) electrons. The van der Waals surface area contributed by atoms with E-state index in [1.54, 1.807) is 12.1 Å². The van der Waals surface area contributed by atoms with Gasteiger partial charge in [-0.3, -0.25) is 0 Å². The monoisotopic (exact) mass is 249 g/mol. The molecule has 1 fully saturated rings. The van der Waals surface area contributed by atoms with Crippen LogP contribution >= 0.6 is 0 Å². The topological polar surface area (TPSA) is 12.0 Å². The predicted molar refractivity (Wildman–Crippen MR) is 74.2 cm³/mol. The minimum absolute atomic E-state index is 0.119. The van der Waals surface area contributed by atoms with Crippen LogP contribution in [0.1, 0.15) is 37.3 Å². The number of benzene rings is 1. The second-order valence-corrected chi connectivity index (χ2v) is 5.58. The standard InChI is InChI=1S/C16H24FN/c1-3-8-18-11-15-5-4-14(15)10-13-6-7-16(17)9-12(13)2/h6-7,9,14-15,18H,3-5,8,10-11H2,1-2H3. The molecule has 1 aliphatic carbocycles. The molecule has 100 valence electrons. The van der Waals surface area contributed by atoms with E-state index >= 15 is 0 Å². The van der Waals surface area contributed by atoms with E-state index < -0.39 is 0 Å². The molecule has 0 spiro atoms. The highest BCUT2D eigenvalue weighted by atomic mass is 19.1. The van der Waals surface area contributed by atoms with Gasteiger partial charge in [0.15, 0.2) is 0 Å². The molecule has 1 aliphatic rings. The van der Waals surface area contributed by atoms with E-state index in [2.05, 4.69) is 12.2 Å². The Morgan fingerprint density at radius 1 is 1.28 bits per heavy atom. The summed E-state index contributed by atoms with van der Waals surface area (Å²) < 4.78 is 13.1. The summed E-state index contributed by atoms with van der Waals surface area (Å²) in [5.41, 5.74) is 2.42. The summed E-state index contributed by atoms with van der Waals surface area (Å²) in [6.07, 6.45) is 5.00. The highest BCUT2D eigenvalue weighted by molar-refractivity contribution is 5.27. The molecule has 2 unspecified atom stereocenters. The first kappa shape index (κ1) is 13.5. The molecule has 0 bridgehead atoms. The van der Waals surface area contributed by atoms with Crippen molar-refractivity contribution in [2.45, 2.75) is 39.5 Å². The summed E-state index contributed by atoms with van der Waals surface area (Å²) >= 11 is 0. The van der Waals surface area contributed by atoms with Crippen molar-refractivity contribution in [2.75, 3.05) is 13.1 Å². The van der Waals surface area contributed by atoms with E-state index in [1.807, 2.05) is 13.0 Å². The molecule has 2 heteroatoms. The van der Waals surface area contributed by atoms with E-state index in [0.717, 1.165) is 36.9 Å². The van der Waals surface area contributed by atoms with Gasteiger partial charge in [0.2, 0.25) is 0 Å². The summed E-state index contributed by atoms with van der Waals surface area (Å²) in [4.78, 5) is 0. The van der Waals surface area contributed by atoms with Crippen LogP contribution < -0.4 is 5.32 Å². The van der Waals surface area contributed by atoms with Gasteiger partial charge >= 0.3 is 0 Å². The van der Waals surface area contributed by atoms with Crippen LogP contribution in [0.4, 0.5) is 4.39 Å². The van der Waals surface area contributed by atoms with Crippen LogP contribution in [0.25, 0.3) is 0 Å². The molecule has 0 aromatic heterocycles. The lowest BCUT2D eigenvalue weighted by Gasteiger charge is -2.37. The lowest BCUT2D eigenvalue weighted by atomic mass is 9.70. The number of hydrogen-bond donors (Lipinski definition) is 1. The van der Waals surface area contributed by atoms with Crippen molar-refractivity contribution in [2.24, 2.45) is 11.8 Å². The van der Waals surface area contributed by atoms with Gasteiger partial charge in [-0.15, -0.1) is 0 Å². The zero-order valence-corrected chi connectivity index (χ0v) is 11.5.